The SMILES string of the molecule is Cc1ccc(N2CC(C(=O)Nc3ccc(Br)cc3C(=O)O)CC2=O)cc1. The standard InChI is InChI=1S/C19H17BrN2O4/c1-11-2-5-14(6-3-11)22-10-12(8-17(22)23)18(24)21-16-7-4-13(20)9-15(16)19(25)26/h2-7,9,12H,8,10H2,1H3,(H,21,24)(H,25,26). The summed E-state index contributed by atoms with van der Waals surface area (Å²) in [6.45, 7) is 2.23. The molecular weight excluding hydrogens is 400 g/mol. The van der Waals surface area contributed by atoms with Crippen LogP contribution in [0.1, 0.15) is 22.3 Å². The second-order valence-corrected chi connectivity index (χ2v) is 7.14. The van der Waals surface area contributed by atoms with Gasteiger partial charge in [-0.3, -0.25) is 9.59 Å². The molecule has 7 heteroatoms. The van der Waals surface area contributed by atoms with E-state index in [4.69, 9.17) is 0 Å². The molecule has 134 valence electrons. The predicted octanol–water partition coefficient (Wildman–Crippen LogP) is 3.45. The molecule has 1 fully saturated rings. The molecule has 26 heavy (non-hydrogen) atoms. The highest BCUT2D eigenvalue weighted by molar-refractivity contribution is 9.10. The van der Waals surface area contributed by atoms with Crippen molar-refractivity contribution in [3.63, 3.8) is 0 Å². The van der Waals surface area contributed by atoms with Crippen molar-refractivity contribution in [3.05, 3.63) is 58.1 Å². The first-order valence-electron chi connectivity index (χ1n) is 8.06. The smallest absolute Gasteiger partial charge is 0.337 e. The number of hydrogen-bond donors (Lipinski definition) is 2. The lowest BCUT2D eigenvalue weighted by atomic mass is 10.1. The quantitative estimate of drug-likeness (QED) is 0.798. The lowest BCUT2D eigenvalue weighted by molar-refractivity contribution is -0.122. The molecule has 0 aromatic heterocycles. The van der Waals surface area contributed by atoms with Crippen LogP contribution in [-0.4, -0.2) is 29.4 Å². The van der Waals surface area contributed by atoms with Crippen LogP contribution in [0.3, 0.4) is 0 Å². The van der Waals surface area contributed by atoms with E-state index in [0.717, 1.165) is 11.3 Å². The zero-order chi connectivity index (χ0) is 18.8. The summed E-state index contributed by atoms with van der Waals surface area (Å²) in [4.78, 5) is 37.8. The number of carboxylic acids is 1. The Bertz CT molecular complexity index is 880. The van der Waals surface area contributed by atoms with Crippen molar-refractivity contribution in [2.45, 2.75) is 13.3 Å². The number of amides is 2. The number of benzene rings is 2. The normalized spacial score (nSPS) is 16.6. The molecule has 1 atom stereocenters. The number of aromatic carboxylic acids is 1. The molecule has 0 radical (unpaired) electrons. The fourth-order valence-electron chi connectivity index (χ4n) is 2.89. The molecule has 2 aromatic carbocycles. The van der Waals surface area contributed by atoms with Crippen molar-refractivity contribution in [1.82, 2.24) is 0 Å². The van der Waals surface area contributed by atoms with Gasteiger partial charge in [0.15, 0.2) is 0 Å². The van der Waals surface area contributed by atoms with E-state index in [1.165, 1.54) is 12.1 Å². The summed E-state index contributed by atoms with van der Waals surface area (Å²) in [6.07, 6.45) is 0.0959. The van der Waals surface area contributed by atoms with Crippen LogP contribution in [0, 0.1) is 12.8 Å². The molecule has 1 saturated heterocycles. The Morgan fingerprint density at radius 1 is 1.19 bits per heavy atom. The van der Waals surface area contributed by atoms with Gasteiger partial charge in [0, 0.05) is 23.1 Å². The van der Waals surface area contributed by atoms with Crippen LogP contribution in [0.5, 0.6) is 0 Å². The summed E-state index contributed by atoms with van der Waals surface area (Å²) < 4.78 is 0.606. The number of halogens is 1. The summed E-state index contributed by atoms with van der Waals surface area (Å²) in [7, 11) is 0. The van der Waals surface area contributed by atoms with E-state index in [2.05, 4.69) is 21.2 Å². The molecule has 0 bridgehead atoms. The molecule has 2 N–H and O–H groups in total. The van der Waals surface area contributed by atoms with Gasteiger partial charge in [0.2, 0.25) is 11.8 Å². The first-order chi connectivity index (χ1) is 12.3. The van der Waals surface area contributed by atoms with Crippen molar-refractivity contribution in [3.8, 4) is 0 Å². The van der Waals surface area contributed by atoms with Gasteiger partial charge in [-0.2, -0.15) is 0 Å². The maximum absolute atomic E-state index is 12.6. The van der Waals surface area contributed by atoms with Gasteiger partial charge in [0.1, 0.15) is 0 Å². The van der Waals surface area contributed by atoms with E-state index >= 15 is 0 Å². The molecular formula is C19H17BrN2O4. The summed E-state index contributed by atoms with van der Waals surface area (Å²) in [6, 6.07) is 12.1. The monoisotopic (exact) mass is 416 g/mol. The van der Waals surface area contributed by atoms with Crippen LogP contribution >= 0.6 is 15.9 Å². The molecule has 0 saturated carbocycles. The van der Waals surface area contributed by atoms with Gasteiger partial charge in [-0.25, -0.2) is 4.79 Å². The van der Waals surface area contributed by atoms with Crippen molar-refractivity contribution < 1.29 is 19.5 Å². The zero-order valence-corrected chi connectivity index (χ0v) is 15.6. The molecule has 1 heterocycles. The average molecular weight is 417 g/mol. The van der Waals surface area contributed by atoms with Crippen molar-refractivity contribution in [2.75, 3.05) is 16.8 Å². The highest BCUT2D eigenvalue weighted by atomic mass is 79.9. The van der Waals surface area contributed by atoms with Crippen LogP contribution in [0.2, 0.25) is 0 Å². The second kappa shape index (κ2) is 7.29. The van der Waals surface area contributed by atoms with E-state index in [1.54, 1.807) is 11.0 Å². The number of anilines is 2. The summed E-state index contributed by atoms with van der Waals surface area (Å²) in [5, 5.41) is 11.9. The third-order valence-corrected chi connectivity index (χ3v) is 4.80. The maximum Gasteiger partial charge on any atom is 0.337 e. The molecule has 6 nitrogen and oxygen atoms in total. The summed E-state index contributed by atoms with van der Waals surface area (Å²) in [5.74, 6) is -2.15. The Balaban J connectivity index is 1.75. The largest absolute Gasteiger partial charge is 0.478 e. The fraction of sp³-hybridized carbons (Fsp3) is 0.211. The number of aryl methyl sites for hydroxylation is 1. The third kappa shape index (κ3) is 3.77. The number of carbonyl (C=O) groups is 3. The zero-order valence-electron chi connectivity index (χ0n) is 14.0. The van der Waals surface area contributed by atoms with Crippen LogP contribution < -0.4 is 10.2 Å². The van der Waals surface area contributed by atoms with Crippen LogP contribution in [0.25, 0.3) is 0 Å². The number of hydrogen-bond acceptors (Lipinski definition) is 3. The van der Waals surface area contributed by atoms with Gasteiger partial charge < -0.3 is 15.3 Å². The Kier molecular flexibility index (Phi) is 5.08. The van der Waals surface area contributed by atoms with Gasteiger partial charge in [-0.15, -0.1) is 0 Å². The summed E-state index contributed by atoms with van der Waals surface area (Å²) in [5.41, 5.74) is 2.05. The number of carboxylic acid groups (broad SMARTS) is 1. The Morgan fingerprint density at radius 3 is 2.54 bits per heavy atom. The number of carbonyl (C=O) groups excluding carboxylic acids is 2. The van der Waals surface area contributed by atoms with Gasteiger partial charge >= 0.3 is 5.97 Å². The lowest BCUT2D eigenvalue weighted by Crippen LogP contribution is -2.28. The Labute approximate surface area is 158 Å². The van der Waals surface area contributed by atoms with Crippen LogP contribution in [-0.2, 0) is 9.59 Å². The Morgan fingerprint density at radius 2 is 1.88 bits per heavy atom. The number of nitrogens with one attached hydrogen (secondary N) is 1. The highest BCUT2D eigenvalue weighted by Crippen LogP contribution is 2.27. The molecule has 1 aliphatic rings. The van der Waals surface area contributed by atoms with Gasteiger partial charge in [0.25, 0.3) is 0 Å². The minimum Gasteiger partial charge on any atom is -0.478 e. The molecule has 2 aromatic rings. The third-order valence-electron chi connectivity index (χ3n) is 4.31. The first-order valence-corrected chi connectivity index (χ1v) is 8.85. The first kappa shape index (κ1) is 18.1. The number of nitrogens with zero attached hydrogens (tertiary/aromatic N) is 1. The van der Waals surface area contributed by atoms with Crippen molar-refractivity contribution >= 4 is 45.1 Å². The van der Waals surface area contributed by atoms with E-state index in [1.807, 2.05) is 31.2 Å². The fourth-order valence-corrected chi connectivity index (χ4v) is 3.26. The van der Waals surface area contributed by atoms with E-state index in [-0.39, 0.29) is 36.0 Å². The predicted molar refractivity (Wildman–Crippen MR) is 101 cm³/mol. The van der Waals surface area contributed by atoms with Gasteiger partial charge in [0.05, 0.1) is 17.2 Å². The minimum absolute atomic E-state index is 0.00700. The highest BCUT2D eigenvalue weighted by Gasteiger charge is 2.35. The molecule has 0 spiro atoms. The minimum atomic E-state index is -1.13. The number of rotatable bonds is 4. The average Bonchev–Trinajstić information content (AvgIpc) is 2.99. The van der Waals surface area contributed by atoms with Gasteiger partial charge in [-0.05, 0) is 37.3 Å². The topological polar surface area (TPSA) is 86.7 Å². The molecule has 0 aliphatic carbocycles. The lowest BCUT2D eigenvalue weighted by Gasteiger charge is -2.17. The molecule has 1 aliphatic heterocycles. The maximum atomic E-state index is 12.6. The van der Waals surface area contributed by atoms with Crippen molar-refractivity contribution in [1.29, 1.82) is 0 Å². The van der Waals surface area contributed by atoms with Gasteiger partial charge in [-0.1, -0.05) is 33.6 Å². The second-order valence-electron chi connectivity index (χ2n) is 6.23. The van der Waals surface area contributed by atoms with E-state index in [9.17, 15) is 19.5 Å². The van der Waals surface area contributed by atoms with Crippen LogP contribution in [0.15, 0.2) is 46.9 Å². The van der Waals surface area contributed by atoms with Crippen molar-refractivity contribution in [2.24, 2.45) is 5.92 Å². The van der Waals surface area contributed by atoms with E-state index in [0.29, 0.717) is 4.47 Å². The Hall–Kier alpha value is -2.67. The molecule has 1 unspecified atom stereocenters. The molecule has 2 amide bonds. The summed E-state index contributed by atoms with van der Waals surface area (Å²) >= 11 is 3.22. The van der Waals surface area contributed by atoms with E-state index < -0.39 is 11.9 Å². The van der Waals surface area contributed by atoms with Crippen LogP contribution in [0.4, 0.5) is 11.4 Å². The molecule has 3 rings (SSSR count).